The lowest BCUT2D eigenvalue weighted by atomic mass is 9.97. The minimum atomic E-state index is -1.74. The summed E-state index contributed by atoms with van der Waals surface area (Å²) in [6, 6.07) is -0.510. The smallest absolute Gasteiger partial charge is 0.187 e. The first-order chi connectivity index (χ1) is 18.3. The van der Waals surface area contributed by atoms with Crippen molar-refractivity contribution in [2.45, 2.75) is 132 Å². The first kappa shape index (κ1) is 33.1. The molecule has 11 atom stereocenters. The van der Waals surface area contributed by atoms with Crippen LogP contribution in [0.5, 0.6) is 0 Å². The third-order valence-electron chi connectivity index (χ3n) is 7.02. The van der Waals surface area contributed by atoms with Crippen LogP contribution in [0.15, 0.2) is 5.11 Å². The molecule has 0 bridgehead atoms. The van der Waals surface area contributed by atoms with Gasteiger partial charge in [-0.1, -0.05) is 63.4 Å². The van der Waals surface area contributed by atoms with Crippen molar-refractivity contribution in [3.05, 3.63) is 10.4 Å². The largest absolute Gasteiger partial charge is 0.394 e. The number of nitrogens with zero attached hydrogens (tertiary/aromatic N) is 3. The number of unbranched alkanes of at least 4 members (excludes halogenated alkanes) is 7. The Bertz CT molecular complexity index is 698. The molecule has 2 aliphatic heterocycles. The van der Waals surface area contributed by atoms with Crippen molar-refractivity contribution in [1.82, 2.24) is 0 Å². The van der Waals surface area contributed by atoms with Gasteiger partial charge in [0.25, 0.3) is 0 Å². The maximum absolute atomic E-state index is 10.7. The molecule has 2 rings (SSSR count). The molecular formula is C24H45N3O11. The van der Waals surface area contributed by atoms with E-state index >= 15 is 0 Å². The number of aliphatic hydroxyl groups is 7. The van der Waals surface area contributed by atoms with Crippen molar-refractivity contribution in [3.63, 3.8) is 0 Å². The maximum atomic E-state index is 10.7. The molecule has 0 aromatic carbocycles. The first-order valence-electron chi connectivity index (χ1n) is 13.5. The van der Waals surface area contributed by atoms with Crippen molar-refractivity contribution in [3.8, 4) is 0 Å². The Morgan fingerprint density at radius 2 is 1.34 bits per heavy atom. The standard InChI is InChI=1S/C24H45N3O11/c1-2-3-4-5-6-7-8-9-10-14(26-27-25)13-35-23-21(34)19(32)22(16(12-29)37-23)38-24-20(33)18(31)17(30)15(11-28)36-24/h14-24,28-34H,2-13H2,1H3/t14?,15-,16-,17+,18+,19-,20-,21-,22-,23-,24+/m1/s1. The van der Waals surface area contributed by atoms with Gasteiger partial charge in [0.2, 0.25) is 0 Å². The van der Waals surface area contributed by atoms with Crippen LogP contribution in [0.25, 0.3) is 10.4 Å². The first-order valence-corrected chi connectivity index (χ1v) is 13.5. The summed E-state index contributed by atoms with van der Waals surface area (Å²) in [6.45, 7) is 0.757. The average Bonchev–Trinajstić information content (AvgIpc) is 2.92. The lowest BCUT2D eigenvalue weighted by Gasteiger charge is -2.46. The van der Waals surface area contributed by atoms with Gasteiger partial charge in [-0.05, 0) is 12.0 Å². The van der Waals surface area contributed by atoms with Crippen molar-refractivity contribution < 1.29 is 54.7 Å². The summed E-state index contributed by atoms with van der Waals surface area (Å²) < 4.78 is 22.0. The molecule has 0 radical (unpaired) electrons. The highest BCUT2D eigenvalue weighted by atomic mass is 16.7. The van der Waals surface area contributed by atoms with Crippen molar-refractivity contribution in [1.29, 1.82) is 0 Å². The van der Waals surface area contributed by atoms with E-state index in [9.17, 15) is 35.7 Å². The third-order valence-corrected chi connectivity index (χ3v) is 7.02. The summed E-state index contributed by atoms with van der Waals surface area (Å²) in [4.78, 5) is 2.86. The second kappa shape index (κ2) is 17.5. The predicted octanol–water partition coefficient (Wildman–Crippen LogP) is -0.163. The summed E-state index contributed by atoms with van der Waals surface area (Å²) in [5, 5.41) is 74.3. The summed E-state index contributed by atoms with van der Waals surface area (Å²) in [5.41, 5.74) is 8.91. The second-order valence-electron chi connectivity index (χ2n) is 9.96. The Morgan fingerprint density at radius 3 is 1.95 bits per heavy atom. The number of hydrogen-bond donors (Lipinski definition) is 7. The normalized spacial score (nSPS) is 36.5. The SMILES string of the molecule is CCCCCCCCCCC(CO[C@@H]1O[C@H](CO)[C@@H](O[C@@H]2O[C@H](CO)[C@H](O)[C@H](O)[C@H]2O)[C@H](O)[C@H]1O)N=[N+]=[N-]. The van der Waals surface area contributed by atoms with E-state index in [2.05, 4.69) is 16.9 Å². The summed E-state index contributed by atoms with van der Waals surface area (Å²) >= 11 is 0. The van der Waals surface area contributed by atoms with Crippen LogP contribution in [0.3, 0.4) is 0 Å². The summed E-state index contributed by atoms with van der Waals surface area (Å²) in [6.07, 6.45) is -5.63. The molecule has 0 saturated carbocycles. The van der Waals surface area contributed by atoms with E-state index in [-0.39, 0.29) is 6.61 Å². The Hall–Kier alpha value is -1.13. The van der Waals surface area contributed by atoms with Gasteiger partial charge in [0.1, 0.15) is 48.8 Å². The average molecular weight is 552 g/mol. The zero-order valence-electron chi connectivity index (χ0n) is 21.9. The van der Waals surface area contributed by atoms with E-state index in [1.807, 2.05) is 0 Å². The van der Waals surface area contributed by atoms with Gasteiger partial charge in [0, 0.05) is 4.91 Å². The molecule has 2 fully saturated rings. The number of hydrogen-bond acceptors (Lipinski definition) is 12. The van der Waals surface area contributed by atoms with Gasteiger partial charge in [-0.3, -0.25) is 0 Å². The third kappa shape index (κ3) is 9.51. The summed E-state index contributed by atoms with van der Waals surface area (Å²) in [7, 11) is 0. The zero-order valence-corrected chi connectivity index (χ0v) is 21.9. The lowest BCUT2D eigenvalue weighted by Crippen LogP contribution is -2.64. The van der Waals surface area contributed by atoms with Crippen LogP contribution in [0.1, 0.15) is 64.7 Å². The molecule has 7 N–H and O–H groups in total. The van der Waals surface area contributed by atoms with E-state index < -0.39 is 80.7 Å². The van der Waals surface area contributed by atoms with Crippen LogP contribution in [0.2, 0.25) is 0 Å². The monoisotopic (exact) mass is 551 g/mol. The molecule has 2 aliphatic rings. The predicted molar refractivity (Wildman–Crippen MR) is 133 cm³/mol. The number of aliphatic hydroxyl groups excluding tert-OH is 7. The zero-order chi connectivity index (χ0) is 28.1. The molecule has 2 saturated heterocycles. The van der Waals surface area contributed by atoms with Crippen LogP contribution < -0.4 is 0 Å². The summed E-state index contributed by atoms with van der Waals surface area (Å²) in [5.74, 6) is 0. The molecular weight excluding hydrogens is 506 g/mol. The molecule has 1 unspecified atom stereocenters. The van der Waals surface area contributed by atoms with E-state index in [4.69, 9.17) is 24.5 Å². The fourth-order valence-corrected chi connectivity index (χ4v) is 4.66. The maximum Gasteiger partial charge on any atom is 0.187 e. The van der Waals surface area contributed by atoms with E-state index in [1.165, 1.54) is 25.7 Å². The molecule has 0 amide bonds. The van der Waals surface area contributed by atoms with Crippen LogP contribution in [0, 0.1) is 0 Å². The van der Waals surface area contributed by atoms with Crippen LogP contribution in [-0.2, 0) is 18.9 Å². The van der Waals surface area contributed by atoms with Gasteiger partial charge >= 0.3 is 0 Å². The molecule has 2 heterocycles. The number of azide groups is 1. The topological polar surface area (TPSA) is 227 Å². The van der Waals surface area contributed by atoms with E-state index in [1.54, 1.807) is 0 Å². The van der Waals surface area contributed by atoms with E-state index in [0.717, 1.165) is 25.7 Å². The van der Waals surface area contributed by atoms with E-state index in [0.29, 0.717) is 6.42 Å². The van der Waals surface area contributed by atoms with Crippen LogP contribution in [0.4, 0.5) is 0 Å². The Labute approximate surface area is 222 Å². The Balaban J connectivity index is 1.88. The fourth-order valence-electron chi connectivity index (χ4n) is 4.66. The molecule has 0 aliphatic carbocycles. The molecule has 0 aromatic heterocycles. The Morgan fingerprint density at radius 1 is 0.763 bits per heavy atom. The second-order valence-corrected chi connectivity index (χ2v) is 9.96. The van der Waals surface area contributed by atoms with Crippen molar-refractivity contribution >= 4 is 0 Å². The lowest BCUT2D eigenvalue weighted by molar-refractivity contribution is -0.359. The highest BCUT2D eigenvalue weighted by Crippen LogP contribution is 2.29. The number of ether oxygens (including phenoxy) is 4. The molecule has 38 heavy (non-hydrogen) atoms. The molecule has 14 nitrogen and oxygen atoms in total. The van der Waals surface area contributed by atoms with Crippen molar-refractivity contribution in [2.75, 3.05) is 19.8 Å². The minimum absolute atomic E-state index is 0.0780. The quantitative estimate of drug-likeness (QED) is 0.0543. The van der Waals surface area contributed by atoms with Gasteiger partial charge in [0.15, 0.2) is 12.6 Å². The van der Waals surface area contributed by atoms with Gasteiger partial charge < -0.3 is 54.7 Å². The van der Waals surface area contributed by atoms with Gasteiger partial charge in [-0.25, -0.2) is 0 Å². The van der Waals surface area contributed by atoms with Crippen molar-refractivity contribution in [2.24, 2.45) is 5.11 Å². The Kier molecular flexibility index (Phi) is 15.3. The van der Waals surface area contributed by atoms with Crippen LogP contribution in [-0.4, -0.2) is 123 Å². The highest BCUT2D eigenvalue weighted by molar-refractivity contribution is 4.94. The van der Waals surface area contributed by atoms with Gasteiger partial charge in [-0.15, -0.1) is 0 Å². The van der Waals surface area contributed by atoms with Gasteiger partial charge in [0.05, 0.1) is 25.9 Å². The van der Waals surface area contributed by atoms with Crippen LogP contribution >= 0.6 is 0 Å². The molecule has 0 aromatic rings. The molecule has 14 heteroatoms. The highest BCUT2D eigenvalue weighted by Gasteiger charge is 2.50. The fraction of sp³-hybridized carbons (Fsp3) is 1.00. The van der Waals surface area contributed by atoms with Gasteiger partial charge in [-0.2, -0.15) is 0 Å². The minimum Gasteiger partial charge on any atom is -0.394 e. The molecule has 0 spiro atoms. The molecule has 222 valence electrons. The number of rotatable bonds is 17.